The molecule has 5 heteroatoms. The fourth-order valence-corrected chi connectivity index (χ4v) is 5.19. The number of benzene rings is 3. The third-order valence-corrected chi connectivity index (χ3v) is 6.50. The molecule has 2 heterocycles. The fourth-order valence-electron chi connectivity index (χ4n) is 3.90. The maximum atomic E-state index is 11.8. The van der Waals surface area contributed by atoms with Crippen molar-refractivity contribution in [2.24, 2.45) is 0 Å². The van der Waals surface area contributed by atoms with E-state index in [1.54, 1.807) is 18.9 Å². The van der Waals surface area contributed by atoms with E-state index in [0.29, 0.717) is 5.75 Å². The number of aliphatic hydroxyl groups is 1. The minimum atomic E-state index is -1.13. The summed E-state index contributed by atoms with van der Waals surface area (Å²) in [7, 11) is 1.68. The Morgan fingerprint density at radius 1 is 0.931 bits per heavy atom. The van der Waals surface area contributed by atoms with E-state index in [1.807, 2.05) is 72.8 Å². The van der Waals surface area contributed by atoms with E-state index in [4.69, 9.17) is 4.74 Å². The normalized spacial score (nSPS) is 17.9. The van der Waals surface area contributed by atoms with Gasteiger partial charge < -0.3 is 9.84 Å². The Bertz CT molecular complexity index is 1160. The molecule has 0 fully saturated rings. The maximum absolute atomic E-state index is 11.8. The predicted octanol–water partition coefficient (Wildman–Crippen LogP) is 4.24. The van der Waals surface area contributed by atoms with Crippen LogP contribution in [-0.4, -0.2) is 22.5 Å². The standard InChI is InChI=1S/C24H21N2O2S/c1-28-22-15-9-8-14-20(22)25-16-21(18-10-4-2-5-11-18)26-23(25)29-17-24(26,27)19-12-6-3-7-13-19/h2-16,27H,17H2,1H3/q+1. The summed E-state index contributed by atoms with van der Waals surface area (Å²) in [6.07, 6.45) is 2.09. The minimum absolute atomic E-state index is 0.544. The SMILES string of the molecule is COc1ccccc1-[n+]1cc(-c2ccccc2)n2c1SCC2(O)c1ccccc1. The molecule has 1 atom stereocenters. The molecule has 1 N–H and O–H groups in total. The van der Waals surface area contributed by atoms with Crippen LogP contribution < -0.4 is 9.30 Å². The van der Waals surface area contributed by atoms with E-state index in [0.717, 1.165) is 33.4 Å². The Balaban J connectivity index is 1.79. The van der Waals surface area contributed by atoms with Gasteiger partial charge in [-0.2, -0.15) is 9.13 Å². The van der Waals surface area contributed by atoms with Gasteiger partial charge in [0.15, 0.2) is 17.1 Å². The number of aromatic nitrogens is 2. The molecular weight excluding hydrogens is 380 g/mol. The zero-order valence-corrected chi connectivity index (χ0v) is 16.8. The lowest BCUT2D eigenvalue weighted by Crippen LogP contribution is -2.35. The van der Waals surface area contributed by atoms with Gasteiger partial charge in [0.1, 0.15) is 6.20 Å². The molecule has 144 valence electrons. The van der Waals surface area contributed by atoms with Crippen molar-refractivity contribution in [1.29, 1.82) is 0 Å². The number of fused-ring (bicyclic) bond motifs is 1. The van der Waals surface area contributed by atoms with Gasteiger partial charge in [-0.3, -0.25) is 0 Å². The molecule has 1 aliphatic heterocycles. The van der Waals surface area contributed by atoms with Crippen LogP contribution in [0.2, 0.25) is 0 Å². The number of nitrogens with zero attached hydrogens (tertiary/aromatic N) is 2. The highest BCUT2D eigenvalue weighted by Crippen LogP contribution is 2.43. The van der Waals surface area contributed by atoms with Gasteiger partial charge in [-0.1, -0.05) is 72.8 Å². The topological polar surface area (TPSA) is 38.3 Å². The molecule has 0 saturated heterocycles. The summed E-state index contributed by atoms with van der Waals surface area (Å²) in [6, 6.07) is 28.0. The van der Waals surface area contributed by atoms with Crippen molar-refractivity contribution in [1.82, 2.24) is 4.57 Å². The Morgan fingerprint density at radius 3 is 2.31 bits per heavy atom. The lowest BCUT2D eigenvalue weighted by atomic mass is 10.0. The number of ether oxygens (including phenoxy) is 1. The monoisotopic (exact) mass is 401 g/mol. The average molecular weight is 402 g/mol. The highest BCUT2D eigenvalue weighted by atomic mass is 32.2. The van der Waals surface area contributed by atoms with Crippen LogP contribution in [0.1, 0.15) is 5.56 Å². The minimum Gasteiger partial charge on any atom is -0.492 e. The van der Waals surface area contributed by atoms with Gasteiger partial charge in [0.05, 0.1) is 12.9 Å². The van der Waals surface area contributed by atoms with E-state index >= 15 is 0 Å². The van der Waals surface area contributed by atoms with Crippen LogP contribution in [-0.2, 0) is 5.72 Å². The first-order valence-corrected chi connectivity index (χ1v) is 10.5. The number of rotatable bonds is 4. The molecular formula is C24H21N2O2S+. The van der Waals surface area contributed by atoms with Crippen molar-refractivity contribution in [3.63, 3.8) is 0 Å². The van der Waals surface area contributed by atoms with E-state index in [-0.39, 0.29) is 0 Å². The first kappa shape index (κ1) is 18.0. The molecule has 0 aliphatic carbocycles. The molecule has 0 radical (unpaired) electrons. The van der Waals surface area contributed by atoms with Crippen LogP contribution >= 0.6 is 11.8 Å². The smallest absolute Gasteiger partial charge is 0.326 e. The van der Waals surface area contributed by atoms with Gasteiger partial charge in [0.2, 0.25) is 5.72 Å². The lowest BCUT2D eigenvalue weighted by molar-refractivity contribution is -0.637. The summed E-state index contributed by atoms with van der Waals surface area (Å²) in [5.74, 6) is 1.34. The van der Waals surface area contributed by atoms with Crippen molar-refractivity contribution < 1.29 is 14.4 Å². The number of methoxy groups -OCH3 is 1. The molecule has 4 nitrogen and oxygen atoms in total. The summed E-state index contributed by atoms with van der Waals surface area (Å²) in [5.41, 5.74) is 2.72. The predicted molar refractivity (Wildman–Crippen MR) is 114 cm³/mol. The Labute approximate surface area is 174 Å². The highest BCUT2D eigenvalue weighted by Gasteiger charge is 2.50. The quantitative estimate of drug-likeness (QED) is 0.520. The molecule has 1 unspecified atom stereocenters. The Hall–Kier alpha value is -3.02. The molecule has 4 aromatic rings. The van der Waals surface area contributed by atoms with Crippen LogP contribution in [0.25, 0.3) is 16.9 Å². The molecule has 1 aliphatic rings. The fraction of sp³-hybridized carbons (Fsp3) is 0.125. The molecule has 3 aromatic carbocycles. The molecule has 29 heavy (non-hydrogen) atoms. The van der Waals surface area contributed by atoms with Crippen LogP contribution in [0, 0.1) is 0 Å². The van der Waals surface area contributed by atoms with Crippen molar-refractivity contribution in [2.45, 2.75) is 10.9 Å². The van der Waals surface area contributed by atoms with Crippen LogP contribution in [0.5, 0.6) is 5.75 Å². The summed E-state index contributed by atoms with van der Waals surface area (Å²) < 4.78 is 9.78. The van der Waals surface area contributed by atoms with E-state index in [2.05, 4.69) is 27.5 Å². The lowest BCUT2D eigenvalue weighted by Gasteiger charge is -2.21. The molecule has 0 spiro atoms. The first-order chi connectivity index (χ1) is 14.2. The average Bonchev–Trinajstić information content (AvgIpc) is 3.34. The molecule has 0 amide bonds. The van der Waals surface area contributed by atoms with Gasteiger partial charge in [-0.05, 0) is 23.9 Å². The second-order valence-electron chi connectivity index (χ2n) is 7.01. The van der Waals surface area contributed by atoms with Crippen molar-refractivity contribution in [2.75, 3.05) is 12.9 Å². The number of para-hydroxylation sites is 2. The first-order valence-electron chi connectivity index (χ1n) is 9.50. The molecule has 1 aromatic heterocycles. The van der Waals surface area contributed by atoms with Crippen molar-refractivity contribution in [3.8, 4) is 22.7 Å². The molecule has 0 saturated carbocycles. The van der Waals surface area contributed by atoms with Crippen LogP contribution in [0.15, 0.2) is 96.3 Å². The van der Waals surface area contributed by atoms with Crippen molar-refractivity contribution in [3.05, 3.63) is 96.7 Å². The second-order valence-corrected chi connectivity index (χ2v) is 7.95. The zero-order chi connectivity index (χ0) is 19.8. The number of hydrogen-bond acceptors (Lipinski definition) is 3. The van der Waals surface area contributed by atoms with Gasteiger partial charge in [-0.15, -0.1) is 0 Å². The van der Waals surface area contributed by atoms with Crippen LogP contribution in [0.3, 0.4) is 0 Å². The zero-order valence-electron chi connectivity index (χ0n) is 16.0. The number of hydrogen-bond donors (Lipinski definition) is 1. The maximum Gasteiger partial charge on any atom is 0.326 e. The third-order valence-electron chi connectivity index (χ3n) is 5.31. The van der Waals surface area contributed by atoms with Crippen LogP contribution in [0.4, 0.5) is 0 Å². The molecule has 5 rings (SSSR count). The summed E-state index contributed by atoms with van der Waals surface area (Å²) in [5, 5.41) is 12.8. The Morgan fingerprint density at radius 2 is 1.59 bits per heavy atom. The number of thioether (sulfide) groups is 1. The van der Waals surface area contributed by atoms with Crippen molar-refractivity contribution >= 4 is 11.8 Å². The summed E-state index contributed by atoms with van der Waals surface area (Å²) in [4.78, 5) is 0. The van der Waals surface area contributed by atoms with E-state index < -0.39 is 5.72 Å². The highest BCUT2D eigenvalue weighted by molar-refractivity contribution is 7.99. The van der Waals surface area contributed by atoms with Gasteiger partial charge >= 0.3 is 5.16 Å². The van der Waals surface area contributed by atoms with Gasteiger partial charge in [-0.25, -0.2) is 0 Å². The summed E-state index contributed by atoms with van der Waals surface area (Å²) >= 11 is 1.65. The van der Waals surface area contributed by atoms with E-state index in [1.165, 1.54) is 0 Å². The number of imidazole rings is 1. The second kappa shape index (κ2) is 7.10. The van der Waals surface area contributed by atoms with Gasteiger partial charge in [0, 0.05) is 11.1 Å². The van der Waals surface area contributed by atoms with E-state index in [9.17, 15) is 5.11 Å². The Kier molecular flexibility index (Phi) is 4.42. The largest absolute Gasteiger partial charge is 0.492 e. The molecule has 0 bridgehead atoms. The third kappa shape index (κ3) is 2.85. The summed E-state index contributed by atoms with van der Waals surface area (Å²) in [6.45, 7) is 0. The van der Waals surface area contributed by atoms with Gasteiger partial charge in [0.25, 0.3) is 0 Å².